The van der Waals surface area contributed by atoms with E-state index >= 15 is 0 Å². The maximum absolute atomic E-state index is 11.4. The first-order chi connectivity index (χ1) is 9.84. The summed E-state index contributed by atoms with van der Waals surface area (Å²) in [4.78, 5) is 2.02. The van der Waals surface area contributed by atoms with Crippen LogP contribution in [0.15, 0.2) is 47.4 Å². The molecule has 2 aromatic rings. The van der Waals surface area contributed by atoms with Crippen molar-refractivity contribution in [1.82, 2.24) is 0 Å². The van der Waals surface area contributed by atoms with E-state index in [0.717, 1.165) is 23.5 Å². The highest BCUT2D eigenvalue weighted by atomic mass is 32.2. The first-order valence-corrected chi connectivity index (χ1v) is 8.14. The van der Waals surface area contributed by atoms with Crippen LogP contribution in [0.25, 0.3) is 0 Å². The van der Waals surface area contributed by atoms with Crippen molar-refractivity contribution in [3.8, 4) is 0 Å². The number of nitrogens with two attached hydrogens (primary N) is 2. The third kappa shape index (κ3) is 3.17. The minimum absolute atomic E-state index is 0.0490. The van der Waals surface area contributed by atoms with Crippen LogP contribution < -0.4 is 15.8 Å². The van der Waals surface area contributed by atoms with Crippen molar-refractivity contribution >= 4 is 27.1 Å². The fourth-order valence-electron chi connectivity index (χ4n) is 2.32. The molecule has 0 saturated heterocycles. The maximum Gasteiger partial charge on any atom is 0.240 e. The van der Waals surface area contributed by atoms with Gasteiger partial charge in [-0.3, -0.25) is 0 Å². The Morgan fingerprint density at radius 1 is 1.14 bits per heavy atom. The predicted octanol–water partition coefficient (Wildman–Crippen LogP) is 2.38. The molecule has 0 unspecified atom stereocenters. The molecule has 0 amide bonds. The molecule has 112 valence electrons. The van der Waals surface area contributed by atoms with Crippen LogP contribution >= 0.6 is 0 Å². The molecular formula is C15H19N3O2S. The van der Waals surface area contributed by atoms with Gasteiger partial charge in [-0.15, -0.1) is 0 Å². The van der Waals surface area contributed by atoms with Gasteiger partial charge >= 0.3 is 0 Å². The molecular weight excluding hydrogens is 286 g/mol. The van der Waals surface area contributed by atoms with Gasteiger partial charge in [-0.25, -0.2) is 13.6 Å². The second kappa shape index (κ2) is 5.75. The number of aryl methyl sites for hydroxylation is 1. The van der Waals surface area contributed by atoms with E-state index in [2.05, 4.69) is 4.90 Å². The highest BCUT2D eigenvalue weighted by Gasteiger charge is 2.15. The van der Waals surface area contributed by atoms with E-state index in [9.17, 15) is 8.42 Å². The molecule has 0 fully saturated rings. The Bertz CT molecular complexity index is 757. The molecule has 0 aliphatic carbocycles. The highest BCUT2D eigenvalue weighted by molar-refractivity contribution is 7.89. The maximum atomic E-state index is 11.4. The highest BCUT2D eigenvalue weighted by Crippen LogP contribution is 2.31. The number of primary sulfonamides is 1. The monoisotopic (exact) mass is 305 g/mol. The third-order valence-electron chi connectivity index (χ3n) is 3.33. The van der Waals surface area contributed by atoms with Gasteiger partial charge in [-0.05, 0) is 43.7 Å². The molecule has 0 bridgehead atoms. The molecule has 0 heterocycles. The van der Waals surface area contributed by atoms with Crippen molar-refractivity contribution in [1.29, 1.82) is 0 Å². The zero-order valence-corrected chi connectivity index (χ0v) is 12.9. The Morgan fingerprint density at radius 3 is 2.33 bits per heavy atom. The molecule has 21 heavy (non-hydrogen) atoms. The summed E-state index contributed by atoms with van der Waals surface area (Å²) in [7, 11) is -3.80. The van der Waals surface area contributed by atoms with Crippen molar-refractivity contribution in [2.24, 2.45) is 5.14 Å². The summed E-state index contributed by atoms with van der Waals surface area (Å²) >= 11 is 0. The summed E-state index contributed by atoms with van der Waals surface area (Å²) in [6.45, 7) is 4.79. The minimum atomic E-state index is -3.80. The first-order valence-electron chi connectivity index (χ1n) is 6.60. The first kappa shape index (κ1) is 15.3. The van der Waals surface area contributed by atoms with Gasteiger partial charge in [-0.2, -0.15) is 0 Å². The Labute approximate surface area is 125 Å². The van der Waals surface area contributed by atoms with Crippen LogP contribution in [-0.2, 0) is 10.0 Å². The number of hydrogen-bond acceptors (Lipinski definition) is 4. The Morgan fingerprint density at radius 2 is 1.81 bits per heavy atom. The Hall–Kier alpha value is -2.05. The average molecular weight is 305 g/mol. The second-order valence-electron chi connectivity index (χ2n) is 4.80. The largest absolute Gasteiger partial charge is 0.398 e. The smallest absolute Gasteiger partial charge is 0.240 e. The summed E-state index contributed by atoms with van der Waals surface area (Å²) in [5, 5.41) is 5.13. The van der Waals surface area contributed by atoms with Gasteiger partial charge in [-0.1, -0.05) is 18.2 Å². The second-order valence-corrected chi connectivity index (χ2v) is 6.33. The van der Waals surface area contributed by atoms with E-state index in [-0.39, 0.29) is 10.6 Å². The predicted molar refractivity (Wildman–Crippen MR) is 86.1 cm³/mol. The zero-order valence-electron chi connectivity index (χ0n) is 12.1. The fourth-order valence-corrected chi connectivity index (χ4v) is 2.97. The molecule has 0 aliphatic rings. The van der Waals surface area contributed by atoms with Crippen LogP contribution in [0.2, 0.25) is 0 Å². The van der Waals surface area contributed by atoms with Crippen LogP contribution in [0.5, 0.6) is 0 Å². The van der Waals surface area contributed by atoms with Crippen LogP contribution in [0.1, 0.15) is 12.5 Å². The van der Waals surface area contributed by atoms with Crippen LogP contribution in [0, 0.1) is 6.92 Å². The fraction of sp³-hybridized carbons (Fsp3) is 0.200. The SMILES string of the molecule is CCN(c1ccc(S(N)(=O)=O)c(N)c1)c1ccccc1C. The van der Waals surface area contributed by atoms with Crippen molar-refractivity contribution in [2.45, 2.75) is 18.7 Å². The van der Waals surface area contributed by atoms with E-state index in [1.165, 1.54) is 6.07 Å². The van der Waals surface area contributed by atoms with E-state index < -0.39 is 10.0 Å². The number of rotatable bonds is 4. The molecule has 0 atom stereocenters. The molecule has 0 saturated carbocycles. The minimum Gasteiger partial charge on any atom is -0.398 e. The summed E-state index contributed by atoms with van der Waals surface area (Å²) in [6, 6.07) is 12.8. The summed E-state index contributed by atoms with van der Waals surface area (Å²) < 4.78 is 22.8. The van der Waals surface area contributed by atoms with Gasteiger partial charge in [0.1, 0.15) is 4.90 Å². The molecule has 2 rings (SSSR count). The van der Waals surface area contributed by atoms with Crippen molar-refractivity contribution in [2.75, 3.05) is 17.2 Å². The molecule has 6 heteroatoms. The standard InChI is InChI=1S/C15H19N3O2S/c1-3-18(14-7-5-4-6-11(14)2)12-8-9-15(13(16)10-12)21(17,19)20/h4-10H,3,16H2,1-2H3,(H2,17,19,20). The summed E-state index contributed by atoms with van der Waals surface area (Å²) in [5.41, 5.74) is 9.01. The lowest BCUT2D eigenvalue weighted by Gasteiger charge is -2.25. The zero-order chi connectivity index (χ0) is 15.6. The molecule has 4 N–H and O–H groups in total. The van der Waals surface area contributed by atoms with E-state index in [1.807, 2.05) is 38.1 Å². The normalized spacial score (nSPS) is 11.4. The lowest BCUT2D eigenvalue weighted by Crippen LogP contribution is -2.19. The molecule has 0 aromatic heterocycles. The topological polar surface area (TPSA) is 89.4 Å². The number of anilines is 3. The molecule has 0 aliphatic heterocycles. The Balaban J connectivity index is 2.50. The lowest BCUT2D eigenvalue weighted by molar-refractivity contribution is 0.598. The molecule has 0 spiro atoms. The quantitative estimate of drug-likeness (QED) is 0.849. The lowest BCUT2D eigenvalue weighted by atomic mass is 10.1. The van der Waals surface area contributed by atoms with Crippen molar-refractivity contribution < 1.29 is 8.42 Å². The van der Waals surface area contributed by atoms with E-state index in [4.69, 9.17) is 10.9 Å². The van der Waals surface area contributed by atoms with Gasteiger partial charge in [0.05, 0.1) is 5.69 Å². The number of nitrogen functional groups attached to an aromatic ring is 1. The Kier molecular flexibility index (Phi) is 4.20. The van der Waals surface area contributed by atoms with Gasteiger partial charge < -0.3 is 10.6 Å². The number of hydrogen-bond donors (Lipinski definition) is 2. The van der Waals surface area contributed by atoms with Gasteiger partial charge in [0, 0.05) is 17.9 Å². The third-order valence-corrected chi connectivity index (χ3v) is 4.32. The van der Waals surface area contributed by atoms with E-state index in [1.54, 1.807) is 12.1 Å². The number of benzene rings is 2. The van der Waals surface area contributed by atoms with Crippen molar-refractivity contribution in [3.05, 3.63) is 48.0 Å². The van der Waals surface area contributed by atoms with Gasteiger partial charge in [0.2, 0.25) is 10.0 Å². The van der Waals surface area contributed by atoms with Crippen LogP contribution in [0.3, 0.4) is 0 Å². The van der Waals surface area contributed by atoms with E-state index in [0.29, 0.717) is 0 Å². The van der Waals surface area contributed by atoms with Gasteiger partial charge in [0.25, 0.3) is 0 Å². The summed E-state index contributed by atoms with van der Waals surface area (Å²) in [5.74, 6) is 0. The molecule has 0 radical (unpaired) electrons. The number of nitrogens with zero attached hydrogens (tertiary/aromatic N) is 1. The number of sulfonamides is 1. The summed E-state index contributed by atoms with van der Waals surface area (Å²) in [6.07, 6.45) is 0. The van der Waals surface area contributed by atoms with Gasteiger partial charge in [0.15, 0.2) is 0 Å². The van der Waals surface area contributed by atoms with Crippen LogP contribution in [0.4, 0.5) is 17.1 Å². The van der Waals surface area contributed by atoms with Crippen molar-refractivity contribution in [3.63, 3.8) is 0 Å². The van der Waals surface area contributed by atoms with Crippen LogP contribution in [-0.4, -0.2) is 15.0 Å². The average Bonchev–Trinajstić information content (AvgIpc) is 2.40. The molecule has 2 aromatic carbocycles. The molecule has 5 nitrogen and oxygen atoms in total. The number of para-hydroxylation sites is 1.